The van der Waals surface area contributed by atoms with E-state index < -0.39 is 0 Å². The molecule has 0 aliphatic heterocycles. The summed E-state index contributed by atoms with van der Waals surface area (Å²) in [7, 11) is 0. The first-order chi connectivity index (χ1) is 10.3. The molecule has 1 aliphatic carbocycles. The van der Waals surface area contributed by atoms with E-state index in [-0.39, 0.29) is 5.78 Å². The number of hydrogen-bond donors (Lipinski definition) is 0. The third kappa shape index (κ3) is 2.05. The predicted molar refractivity (Wildman–Crippen MR) is 73.3 cm³/mol. The van der Waals surface area contributed by atoms with Crippen LogP contribution in [0.3, 0.4) is 0 Å². The van der Waals surface area contributed by atoms with Crippen LogP contribution in [0.4, 0.5) is 0 Å². The molecule has 0 unspecified atom stereocenters. The zero-order valence-corrected chi connectivity index (χ0v) is 11.1. The Morgan fingerprint density at radius 2 is 2.10 bits per heavy atom. The van der Waals surface area contributed by atoms with Crippen LogP contribution in [0.25, 0.3) is 5.69 Å². The highest BCUT2D eigenvalue weighted by Gasteiger charge is 2.33. The van der Waals surface area contributed by atoms with Crippen molar-refractivity contribution in [2.45, 2.75) is 18.8 Å². The molecule has 0 atom stereocenters. The molecule has 0 amide bonds. The van der Waals surface area contributed by atoms with Gasteiger partial charge in [0, 0.05) is 11.5 Å². The number of carbonyl (C=O) groups is 1. The predicted octanol–water partition coefficient (Wildman–Crippen LogP) is 2.36. The Morgan fingerprint density at radius 1 is 1.24 bits per heavy atom. The van der Waals surface area contributed by atoms with Crippen molar-refractivity contribution in [2.75, 3.05) is 0 Å². The summed E-state index contributed by atoms with van der Waals surface area (Å²) < 4.78 is 6.84. The first-order valence-corrected chi connectivity index (χ1v) is 6.78. The quantitative estimate of drug-likeness (QED) is 0.686. The number of hydrogen-bond acceptors (Lipinski definition) is 5. The highest BCUT2D eigenvalue weighted by atomic mass is 16.5. The minimum absolute atomic E-state index is 0.0933. The van der Waals surface area contributed by atoms with E-state index in [2.05, 4.69) is 15.2 Å². The van der Waals surface area contributed by atoms with Gasteiger partial charge in [0.1, 0.15) is 12.7 Å². The molecule has 0 spiro atoms. The topological polar surface area (TPSA) is 73.8 Å². The molecule has 2 heterocycles. The second kappa shape index (κ2) is 4.66. The van der Waals surface area contributed by atoms with Gasteiger partial charge in [0.2, 0.25) is 0 Å². The minimum Gasteiger partial charge on any atom is -0.360 e. The van der Waals surface area contributed by atoms with Crippen molar-refractivity contribution in [1.29, 1.82) is 0 Å². The van der Waals surface area contributed by atoms with Crippen LogP contribution in [0.15, 0.2) is 47.6 Å². The number of nitrogens with zero attached hydrogens (tertiary/aromatic N) is 4. The van der Waals surface area contributed by atoms with Gasteiger partial charge < -0.3 is 4.52 Å². The Balaban J connectivity index is 1.80. The summed E-state index contributed by atoms with van der Waals surface area (Å²) in [6.45, 7) is 0. The van der Waals surface area contributed by atoms with E-state index in [4.69, 9.17) is 4.52 Å². The standard InChI is InChI=1S/C15H12N4O2/c20-14(12-7-18-21-15(12)10-5-6-10)11-3-1-2-4-13(11)19-9-16-8-17-19/h1-4,7-10H,5-6H2. The number of rotatable bonds is 4. The van der Waals surface area contributed by atoms with E-state index in [0.29, 0.717) is 28.5 Å². The van der Waals surface area contributed by atoms with Gasteiger partial charge in [-0.1, -0.05) is 17.3 Å². The minimum atomic E-state index is -0.0933. The van der Waals surface area contributed by atoms with Crippen LogP contribution >= 0.6 is 0 Å². The monoisotopic (exact) mass is 280 g/mol. The summed E-state index contributed by atoms with van der Waals surface area (Å²) in [6.07, 6.45) is 6.63. The van der Waals surface area contributed by atoms with Crippen molar-refractivity contribution >= 4 is 5.78 Å². The normalized spacial score (nSPS) is 14.3. The van der Waals surface area contributed by atoms with E-state index in [0.717, 1.165) is 12.8 Å². The first-order valence-electron chi connectivity index (χ1n) is 6.78. The molecule has 1 aliphatic rings. The number of carbonyl (C=O) groups excluding carboxylic acids is 1. The summed E-state index contributed by atoms with van der Waals surface area (Å²) in [5.41, 5.74) is 1.81. The molecule has 0 radical (unpaired) electrons. The van der Waals surface area contributed by atoms with Gasteiger partial charge in [-0.2, -0.15) is 5.10 Å². The summed E-state index contributed by atoms with van der Waals surface area (Å²) >= 11 is 0. The largest absolute Gasteiger partial charge is 0.360 e. The summed E-state index contributed by atoms with van der Waals surface area (Å²) in [5.74, 6) is 0.947. The van der Waals surface area contributed by atoms with Crippen LogP contribution in [0.5, 0.6) is 0 Å². The molecule has 0 N–H and O–H groups in total. The van der Waals surface area contributed by atoms with E-state index >= 15 is 0 Å². The van der Waals surface area contributed by atoms with Gasteiger partial charge in [0.15, 0.2) is 11.5 Å². The second-order valence-electron chi connectivity index (χ2n) is 5.06. The van der Waals surface area contributed by atoms with E-state index in [1.54, 1.807) is 17.1 Å². The van der Waals surface area contributed by atoms with Crippen molar-refractivity contribution in [1.82, 2.24) is 19.9 Å². The summed E-state index contributed by atoms with van der Waals surface area (Å²) in [6, 6.07) is 7.32. The van der Waals surface area contributed by atoms with Gasteiger partial charge in [-0.05, 0) is 25.0 Å². The maximum Gasteiger partial charge on any atom is 0.200 e. The highest BCUT2D eigenvalue weighted by Crippen LogP contribution is 2.42. The number of ketones is 1. The Kier molecular flexibility index (Phi) is 2.67. The molecule has 1 fully saturated rings. The van der Waals surface area contributed by atoms with E-state index in [1.165, 1.54) is 12.5 Å². The average molecular weight is 280 g/mol. The zero-order valence-electron chi connectivity index (χ0n) is 11.1. The first kappa shape index (κ1) is 12.0. The molecule has 1 saturated carbocycles. The molecule has 2 aromatic heterocycles. The van der Waals surface area contributed by atoms with Crippen LogP contribution in [-0.4, -0.2) is 25.7 Å². The van der Waals surface area contributed by atoms with E-state index in [9.17, 15) is 4.79 Å². The number of aromatic nitrogens is 4. The molecule has 104 valence electrons. The Bertz CT molecular complexity index is 788. The third-order valence-electron chi connectivity index (χ3n) is 3.61. The van der Waals surface area contributed by atoms with Crippen molar-refractivity contribution in [3.63, 3.8) is 0 Å². The lowest BCUT2D eigenvalue weighted by Crippen LogP contribution is -2.08. The maximum absolute atomic E-state index is 12.8. The van der Waals surface area contributed by atoms with Gasteiger partial charge in [-0.3, -0.25) is 4.79 Å². The van der Waals surface area contributed by atoms with Crippen LogP contribution in [0.2, 0.25) is 0 Å². The fourth-order valence-corrected chi connectivity index (χ4v) is 2.40. The molecule has 6 nitrogen and oxygen atoms in total. The average Bonchev–Trinajstić information content (AvgIpc) is 3.05. The SMILES string of the molecule is O=C(c1ccccc1-n1cncn1)c1cnoc1C1CC1. The zero-order chi connectivity index (χ0) is 14.2. The fourth-order valence-electron chi connectivity index (χ4n) is 2.40. The Morgan fingerprint density at radius 3 is 2.86 bits per heavy atom. The third-order valence-corrected chi connectivity index (χ3v) is 3.61. The van der Waals surface area contributed by atoms with Crippen molar-refractivity contribution in [3.05, 3.63) is 60.0 Å². The fraction of sp³-hybridized carbons (Fsp3) is 0.200. The number of para-hydroxylation sites is 1. The van der Waals surface area contributed by atoms with E-state index in [1.807, 2.05) is 18.2 Å². The van der Waals surface area contributed by atoms with Crippen molar-refractivity contribution in [2.24, 2.45) is 0 Å². The molecule has 0 saturated heterocycles. The smallest absolute Gasteiger partial charge is 0.200 e. The second-order valence-corrected chi connectivity index (χ2v) is 5.06. The van der Waals surface area contributed by atoms with Crippen LogP contribution < -0.4 is 0 Å². The molecular weight excluding hydrogens is 268 g/mol. The maximum atomic E-state index is 12.8. The molecule has 4 rings (SSSR count). The molecule has 21 heavy (non-hydrogen) atoms. The van der Waals surface area contributed by atoms with Crippen LogP contribution in [0, 0.1) is 0 Å². The lowest BCUT2D eigenvalue weighted by molar-refractivity contribution is 0.103. The molecular formula is C15H12N4O2. The lowest BCUT2D eigenvalue weighted by Gasteiger charge is -2.07. The van der Waals surface area contributed by atoms with Crippen molar-refractivity contribution in [3.8, 4) is 5.69 Å². The molecule has 1 aromatic carbocycles. The van der Waals surface area contributed by atoms with Gasteiger partial charge in [0.05, 0.1) is 17.4 Å². The lowest BCUT2D eigenvalue weighted by atomic mass is 10.0. The van der Waals surface area contributed by atoms with Gasteiger partial charge in [-0.25, -0.2) is 9.67 Å². The van der Waals surface area contributed by atoms with Gasteiger partial charge in [-0.15, -0.1) is 0 Å². The molecule has 6 heteroatoms. The Labute approximate surface area is 120 Å². The summed E-state index contributed by atoms with van der Waals surface area (Å²) in [5, 5.41) is 7.89. The molecule has 0 bridgehead atoms. The van der Waals surface area contributed by atoms with Crippen molar-refractivity contribution < 1.29 is 9.32 Å². The highest BCUT2D eigenvalue weighted by molar-refractivity contribution is 6.11. The van der Waals surface area contributed by atoms with Gasteiger partial charge >= 0.3 is 0 Å². The van der Waals surface area contributed by atoms with Gasteiger partial charge in [0.25, 0.3) is 0 Å². The van der Waals surface area contributed by atoms with Crippen LogP contribution in [-0.2, 0) is 0 Å². The number of benzene rings is 1. The van der Waals surface area contributed by atoms with Crippen LogP contribution in [0.1, 0.15) is 40.4 Å². The Hall–Kier alpha value is -2.76. The molecule has 3 aromatic rings. The summed E-state index contributed by atoms with van der Waals surface area (Å²) in [4.78, 5) is 16.7.